The average Bonchev–Trinajstić information content (AvgIpc) is 3.57. The van der Waals surface area contributed by atoms with E-state index in [2.05, 4.69) is 250 Å². The zero-order chi connectivity index (χ0) is 45.2. The molecule has 0 saturated carbocycles. The second-order valence-electron chi connectivity index (χ2n) is 18.8. The first-order valence-electron chi connectivity index (χ1n) is 24.2. The van der Waals surface area contributed by atoms with E-state index in [0.717, 1.165) is 29.0 Å². The van der Waals surface area contributed by atoms with Crippen molar-refractivity contribution in [2.24, 2.45) is 10.9 Å². The summed E-state index contributed by atoms with van der Waals surface area (Å²) in [6.45, 7) is 2.27. The molecule has 5 aliphatic rings. The molecule has 1 nitrogen and oxygen atoms in total. The van der Waals surface area contributed by atoms with Crippen molar-refractivity contribution in [2.75, 3.05) is 0 Å². The predicted molar refractivity (Wildman–Crippen MR) is 287 cm³/mol. The quantitative estimate of drug-likeness (QED) is 0.158. The summed E-state index contributed by atoms with van der Waals surface area (Å²) in [6, 6.07) is 68.1. The standard InChI is InChI=1S/C67H49N/c1-44-52(39-40-65(51-26-17-25-48(41-51)45-19-5-2-3-6-20-45)68-66(44)59-31-18-24-46-23-9-10-27-53(46)59)49-35-37-54(60(42-49)47-21-7-4-8-22-47)50-36-38-58-57-30-13-16-34-63(57)67(64(58)43-50)61-32-14-11-28-55(61)56-29-12-15-33-62(56)67/h2,4-39,41-43,55,61H,3,40H2,1H3. The van der Waals surface area contributed by atoms with Gasteiger partial charge in [0.05, 0.1) is 16.8 Å². The van der Waals surface area contributed by atoms with E-state index in [4.69, 9.17) is 4.99 Å². The number of rotatable bonds is 6. The second-order valence-corrected chi connectivity index (χ2v) is 18.8. The molecule has 1 heterocycles. The van der Waals surface area contributed by atoms with Crippen molar-refractivity contribution in [1.82, 2.24) is 0 Å². The molecule has 1 spiro atoms. The number of hydrogen-bond donors (Lipinski definition) is 0. The molecule has 0 amide bonds. The summed E-state index contributed by atoms with van der Waals surface area (Å²) >= 11 is 0. The highest BCUT2D eigenvalue weighted by Gasteiger charge is 2.57. The molecule has 3 unspecified atom stereocenters. The van der Waals surface area contributed by atoms with Crippen LogP contribution in [0.15, 0.2) is 253 Å². The third-order valence-corrected chi connectivity index (χ3v) is 15.3. The van der Waals surface area contributed by atoms with E-state index >= 15 is 0 Å². The van der Waals surface area contributed by atoms with E-state index < -0.39 is 0 Å². The Hall–Kier alpha value is -8.13. The molecule has 1 heteroatoms. The lowest BCUT2D eigenvalue weighted by molar-refractivity contribution is 0.465. The van der Waals surface area contributed by atoms with Crippen molar-refractivity contribution in [1.29, 1.82) is 0 Å². The van der Waals surface area contributed by atoms with E-state index in [0.29, 0.717) is 12.3 Å². The predicted octanol–water partition coefficient (Wildman–Crippen LogP) is 16.9. The minimum Gasteiger partial charge on any atom is -0.252 e. The lowest BCUT2D eigenvalue weighted by Gasteiger charge is -2.36. The van der Waals surface area contributed by atoms with Crippen LogP contribution in [0.5, 0.6) is 0 Å². The van der Waals surface area contributed by atoms with Crippen LogP contribution in [-0.2, 0) is 5.41 Å². The normalized spacial score (nSPS) is 19.8. The summed E-state index contributed by atoms with van der Waals surface area (Å²) in [5, 5.41) is 2.41. The van der Waals surface area contributed by atoms with Gasteiger partial charge in [-0.2, -0.15) is 0 Å². The minimum absolute atomic E-state index is 0.281. The molecule has 4 aliphatic carbocycles. The molecule has 13 rings (SSSR count). The maximum atomic E-state index is 5.69. The lowest BCUT2D eigenvalue weighted by atomic mass is 9.65. The van der Waals surface area contributed by atoms with E-state index in [9.17, 15) is 0 Å². The van der Waals surface area contributed by atoms with Gasteiger partial charge in [0.15, 0.2) is 0 Å². The van der Waals surface area contributed by atoms with Crippen LogP contribution in [0.3, 0.4) is 0 Å². The summed E-state index contributed by atoms with van der Waals surface area (Å²) in [6.07, 6.45) is 24.5. The molecule has 0 bridgehead atoms. The van der Waals surface area contributed by atoms with Crippen LogP contribution in [0.25, 0.3) is 61.0 Å². The summed E-state index contributed by atoms with van der Waals surface area (Å²) in [4.78, 5) is 5.69. The summed E-state index contributed by atoms with van der Waals surface area (Å²) < 4.78 is 0. The first-order valence-corrected chi connectivity index (χ1v) is 24.2. The van der Waals surface area contributed by atoms with Crippen LogP contribution >= 0.6 is 0 Å². The van der Waals surface area contributed by atoms with Gasteiger partial charge < -0.3 is 0 Å². The maximum Gasteiger partial charge on any atom is 0.0747 e. The highest BCUT2D eigenvalue weighted by atomic mass is 14.8. The van der Waals surface area contributed by atoms with E-state index in [-0.39, 0.29) is 11.3 Å². The molecular formula is C67H49N. The fraction of sp³-hybridized carbons (Fsp3) is 0.0896. The molecule has 0 aromatic heterocycles. The lowest BCUT2D eigenvalue weighted by Crippen LogP contribution is -2.33. The Kier molecular flexibility index (Phi) is 9.65. The van der Waals surface area contributed by atoms with E-state index in [1.165, 1.54) is 94.3 Å². The molecule has 0 radical (unpaired) electrons. The van der Waals surface area contributed by atoms with Crippen LogP contribution < -0.4 is 0 Å². The van der Waals surface area contributed by atoms with Gasteiger partial charge in [-0.1, -0.05) is 225 Å². The highest BCUT2D eigenvalue weighted by Crippen LogP contribution is 2.65. The fourth-order valence-corrected chi connectivity index (χ4v) is 12.2. The first-order chi connectivity index (χ1) is 33.6. The number of aliphatic imine (C=N–C) groups is 1. The van der Waals surface area contributed by atoms with Gasteiger partial charge in [0.1, 0.15) is 0 Å². The molecule has 0 fully saturated rings. The number of benzene rings is 8. The van der Waals surface area contributed by atoms with Crippen LogP contribution in [0.2, 0.25) is 0 Å². The van der Waals surface area contributed by atoms with Crippen molar-refractivity contribution in [3.63, 3.8) is 0 Å². The molecule has 8 aromatic carbocycles. The Labute approximate surface area is 399 Å². The van der Waals surface area contributed by atoms with Gasteiger partial charge in [-0.05, 0) is 131 Å². The SMILES string of the molecule is CC1=C(c2cccc3ccccc23)N=C(c2cccc(C3=CC=CCC=C3)c2)CC=C1c1ccc(-c2ccc3c(c2)C2(c4ccccc4-3)c3ccccc3C3C=CC=CC32)c(-c2ccccc2)c1. The van der Waals surface area contributed by atoms with Gasteiger partial charge in [0.25, 0.3) is 0 Å². The number of hydrogen-bond acceptors (Lipinski definition) is 1. The zero-order valence-electron chi connectivity index (χ0n) is 38.1. The summed E-state index contributed by atoms with van der Waals surface area (Å²) in [5.41, 5.74) is 23.3. The number of nitrogens with zero attached hydrogens (tertiary/aromatic N) is 1. The topological polar surface area (TPSA) is 12.4 Å². The second kappa shape index (κ2) is 16.3. The summed E-state index contributed by atoms with van der Waals surface area (Å²) in [7, 11) is 0. The maximum absolute atomic E-state index is 5.69. The van der Waals surface area contributed by atoms with Crippen molar-refractivity contribution in [3.8, 4) is 33.4 Å². The van der Waals surface area contributed by atoms with Crippen molar-refractivity contribution in [3.05, 3.63) is 293 Å². The van der Waals surface area contributed by atoms with Crippen molar-refractivity contribution >= 4 is 33.3 Å². The Bertz CT molecular complexity index is 3630. The molecule has 3 atom stereocenters. The minimum atomic E-state index is -0.292. The van der Waals surface area contributed by atoms with Crippen molar-refractivity contribution in [2.45, 2.75) is 31.1 Å². The number of allylic oxidation sites excluding steroid dienone is 13. The monoisotopic (exact) mass is 867 g/mol. The Morgan fingerprint density at radius 3 is 2.16 bits per heavy atom. The molecule has 0 saturated heterocycles. The van der Waals surface area contributed by atoms with Crippen LogP contribution in [-0.4, -0.2) is 5.71 Å². The van der Waals surface area contributed by atoms with Gasteiger partial charge >= 0.3 is 0 Å². The molecule has 0 N–H and O–H groups in total. The van der Waals surface area contributed by atoms with Gasteiger partial charge in [0, 0.05) is 23.8 Å². The Morgan fingerprint density at radius 2 is 1.22 bits per heavy atom. The highest BCUT2D eigenvalue weighted by molar-refractivity contribution is 6.10. The third-order valence-electron chi connectivity index (χ3n) is 15.3. The Morgan fingerprint density at radius 1 is 0.500 bits per heavy atom. The molecule has 1 aliphatic heterocycles. The molecular weight excluding hydrogens is 819 g/mol. The number of fused-ring (bicyclic) bond motifs is 11. The van der Waals surface area contributed by atoms with Crippen LogP contribution in [0, 0.1) is 5.92 Å². The zero-order valence-corrected chi connectivity index (χ0v) is 38.1. The average molecular weight is 868 g/mol. The van der Waals surface area contributed by atoms with Gasteiger partial charge in [0.2, 0.25) is 0 Å². The van der Waals surface area contributed by atoms with Crippen molar-refractivity contribution < 1.29 is 0 Å². The summed E-state index contributed by atoms with van der Waals surface area (Å²) in [5.74, 6) is 0.603. The third kappa shape index (κ3) is 6.34. The van der Waals surface area contributed by atoms with Gasteiger partial charge in [-0.25, -0.2) is 0 Å². The van der Waals surface area contributed by atoms with E-state index in [1.54, 1.807) is 0 Å². The smallest absolute Gasteiger partial charge is 0.0747 e. The van der Waals surface area contributed by atoms with E-state index in [1.807, 2.05) is 0 Å². The molecule has 322 valence electrons. The van der Waals surface area contributed by atoms with Crippen LogP contribution in [0.1, 0.15) is 70.2 Å². The Balaban J connectivity index is 0.981. The van der Waals surface area contributed by atoms with Gasteiger partial charge in [-0.3, -0.25) is 4.99 Å². The van der Waals surface area contributed by atoms with Crippen LogP contribution in [0.4, 0.5) is 0 Å². The van der Waals surface area contributed by atoms with Gasteiger partial charge in [-0.15, -0.1) is 0 Å². The first kappa shape index (κ1) is 40.2. The molecule has 68 heavy (non-hydrogen) atoms. The fourth-order valence-electron chi connectivity index (χ4n) is 12.2. The largest absolute Gasteiger partial charge is 0.252 e. The molecule has 8 aromatic rings.